The van der Waals surface area contributed by atoms with Crippen LogP contribution in [0.4, 0.5) is 5.69 Å². The van der Waals surface area contributed by atoms with Gasteiger partial charge in [0.05, 0.1) is 17.1 Å². The van der Waals surface area contributed by atoms with Gasteiger partial charge in [-0.2, -0.15) is 0 Å². The van der Waals surface area contributed by atoms with Crippen LogP contribution in [0.5, 0.6) is 5.75 Å². The highest BCUT2D eigenvalue weighted by Gasteiger charge is 2.23. The average Bonchev–Trinajstić information content (AvgIpc) is 2.38. The maximum absolute atomic E-state index is 12.0. The molecule has 1 aromatic rings. The van der Waals surface area contributed by atoms with E-state index in [2.05, 4.69) is 5.32 Å². The van der Waals surface area contributed by atoms with Gasteiger partial charge in [-0.05, 0) is 19.9 Å². The van der Waals surface area contributed by atoms with Crippen molar-refractivity contribution in [2.24, 2.45) is 5.73 Å². The summed E-state index contributed by atoms with van der Waals surface area (Å²) in [4.78, 5) is 22.4. The number of amides is 1. The number of carbonyl (C=O) groups is 1. The van der Waals surface area contributed by atoms with Crippen molar-refractivity contribution in [1.29, 1.82) is 0 Å². The number of ether oxygens (including phenoxy) is 1. The quantitative estimate of drug-likeness (QED) is 0.592. The van der Waals surface area contributed by atoms with Crippen LogP contribution in [0.15, 0.2) is 18.2 Å². The number of rotatable bonds is 6. The Balaban J connectivity index is 3.15. The summed E-state index contributed by atoms with van der Waals surface area (Å²) < 4.78 is 5.23. The van der Waals surface area contributed by atoms with Gasteiger partial charge in [0.25, 0.3) is 5.91 Å². The summed E-state index contributed by atoms with van der Waals surface area (Å²) in [6, 6.07) is 4.01. The summed E-state index contributed by atoms with van der Waals surface area (Å²) in [5.41, 5.74) is 5.33. The number of nitro groups is 1. The molecule has 0 aliphatic carbocycles. The van der Waals surface area contributed by atoms with Gasteiger partial charge in [-0.25, -0.2) is 0 Å². The fourth-order valence-electron chi connectivity index (χ4n) is 1.50. The average molecular weight is 267 g/mol. The molecule has 0 bridgehead atoms. The fourth-order valence-corrected chi connectivity index (χ4v) is 1.50. The van der Waals surface area contributed by atoms with Gasteiger partial charge >= 0.3 is 5.69 Å². The van der Waals surface area contributed by atoms with Gasteiger partial charge in [0.2, 0.25) is 5.75 Å². The van der Waals surface area contributed by atoms with Gasteiger partial charge in [0.1, 0.15) is 0 Å². The maximum atomic E-state index is 12.0. The lowest BCUT2D eigenvalue weighted by atomic mass is 10.1. The molecular formula is C12H17N3O4. The first kappa shape index (κ1) is 14.9. The molecule has 0 fully saturated rings. The Hall–Kier alpha value is -2.15. The number of nitrogens with two attached hydrogens (primary N) is 1. The summed E-state index contributed by atoms with van der Waals surface area (Å²) in [7, 11) is 0. The first-order valence-corrected chi connectivity index (χ1v) is 5.92. The van der Waals surface area contributed by atoms with Gasteiger partial charge in [-0.1, -0.05) is 6.07 Å². The second-order valence-corrected chi connectivity index (χ2v) is 3.95. The summed E-state index contributed by atoms with van der Waals surface area (Å²) >= 11 is 0. The van der Waals surface area contributed by atoms with E-state index in [1.165, 1.54) is 18.2 Å². The van der Waals surface area contributed by atoms with Crippen LogP contribution >= 0.6 is 0 Å². The molecule has 7 nitrogen and oxygen atoms in total. The van der Waals surface area contributed by atoms with Crippen LogP contribution in [-0.4, -0.2) is 30.0 Å². The third-order valence-electron chi connectivity index (χ3n) is 2.46. The van der Waals surface area contributed by atoms with E-state index in [9.17, 15) is 14.9 Å². The highest BCUT2D eigenvalue weighted by Crippen LogP contribution is 2.30. The molecule has 0 saturated heterocycles. The minimum absolute atomic E-state index is 0.0169. The summed E-state index contributed by atoms with van der Waals surface area (Å²) in [6.07, 6.45) is 0. The van der Waals surface area contributed by atoms with Gasteiger partial charge in [-0.15, -0.1) is 0 Å². The smallest absolute Gasteiger partial charge is 0.311 e. The zero-order valence-corrected chi connectivity index (χ0v) is 10.9. The standard InChI is InChI=1S/C12H17N3O4/c1-3-19-11-9(12(16)14-8(2)7-13)5-4-6-10(11)15(17)18/h4-6,8H,3,7,13H2,1-2H3,(H,14,16). The Labute approximate surface area is 110 Å². The lowest BCUT2D eigenvalue weighted by molar-refractivity contribution is -0.385. The van der Waals surface area contributed by atoms with Crippen molar-refractivity contribution in [3.63, 3.8) is 0 Å². The molecule has 1 rings (SSSR count). The molecule has 0 saturated carbocycles. The minimum atomic E-state index is -0.575. The SMILES string of the molecule is CCOc1c(C(=O)NC(C)CN)cccc1[N+](=O)[O-]. The number of nitrogens with one attached hydrogen (secondary N) is 1. The van der Waals surface area contributed by atoms with Crippen molar-refractivity contribution in [2.75, 3.05) is 13.2 Å². The minimum Gasteiger partial charge on any atom is -0.487 e. The Morgan fingerprint density at radius 1 is 1.58 bits per heavy atom. The third kappa shape index (κ3) is 3.65. The van der Waals surface area contributed by atoms with Gasteiger partial charge < -0.3 is 15.8 Å². The van der Waals surface area contributed by atoms with E-state index in [4.69, 9.17) is 10.5 Å². The van der Waals surface area contributed by atoms with Crippen molar-refractivity contribution in [3.8, 4) is 5.75 Å². The molecular weight excluding hydrogens is 250 g/mol. The number of benzene rings is 1. The number of carbonyl (C=O) groups excluding carboxylic acids is 1. The number of nitrogens with zero attached hydrogens (tertiary/aromatic N) is 1. The molecule has 104 valence electrons. The zero-order valence-electron chi connectivity index (χ0n) is 10.9. The lowest BCUT2D eigenvalue weighted by Crippen LogP contribution is -2.38. The van der Waals surface area contributed by atoms with E-state index in [1.54, 1.807) is 13.8 Å². The van der Waals surface area contributed by atoms with Crippen LogP contribution in [0, 0.1) is 10.1 Å². The molecule has 0 spiro atoms. The Morgan fingerprint density at radius 3 is 2.79 bits per heavy atom. The van der Waals surface area contributed by atoms with E-state index in [-0.39, 0.29) is 36.2 Å². The van der Waals surface area contributed by atoms with E-state index in [1.807, 2.05) is 0 Å². The molecule has 1 amide bonds. The summed E-state index contributed by atoms with van der Waals surface area (Å²) in [5.74, 6) is -0.457. The molecule has 19 heavy (non-hydrogen) atoms. The predicted molar refractivity (Wildman–Crippen MR) is 70.2 cm³/mol. The monoisotopic (exact) mass is 267 g/mol. The molecule has 3 N–H and O–H groups in total. The highest BCUT2D eigenvalue weighted by atomic mass is 16.6. The molecule has 1 aromatic carbocycles. The van der Waals surface area contributed by atoms with E-state index in [0.29, 0.717) is 0 Å². The molecule has 0 heterocycles. The Morgan fingerprint density at radius 2 is 2.26 bits per heavy atom. The van der Waals surface area contributed by atoms with Crippen LogP contribution in [0.3, 0.4) is 0 Å². The normalized spacial score (nSPS) is 11.7. The fraction of sp³-hybridized carbons (Fsp3) is 0.417. The van der Waals surface area contributed by atoms with Gasteiger partial charge in [-0.3, -0.25) is 14.9 Å². The Bertz CT molecular complexity index is 476. The molecule has 0 aromatic heterocycles. The second kappa shape index (κ2) is 6.69. The number of hydrogen-bond acceptors (Lipinski definition) is 5. The molecule has 0 aliphatic rings. The topological polar surface area (TPSA) is 107 Å². The summed E-state index contributed by atoms with van der Waals surface area (Å²) in [6.45, 7) is 3.96. The van der Waals surface area contributed by atoms with Gasteiger partial charge in [0.15, 0.2) is 0 Å². The van der Waals surface area contributed by atoms with Crippen molar-refractivity contribution in [3.05, 3.63) is 33.9 Å². The lowest BCUT2D eigenvalue weighted by Gasteiger charge is -2.14. The van der Waals surface area contributed by atoms with E-state index < -0.39 is 10.8 Å². The second-order valence-electron chi connectivity index (χ2n) is 3.95. The molecule has 0 aliphatic heterocycles. The van der Waals surface area contributed by atoms with Crippen LogP contribution < -0.4 is 15.8 Å². The van der Waals surface area contributed by atoms with Crippen molar-refractivity contribution in [1.82, 2.24) is 5.32 Å². The van der Waals surface area contributed by atoms with Crippen molar-refractivity contribution >= 4 is 11.6 Å². The van der Waals surface area contributed by atoms with Crippen molar-refractivity contribution in [2.45, 2.75) is 19.9 Å². The van der Waals surface area contributed by atoms with Crippen LogP contribution in [0.25, 0.3) is 0 Å². The zero-order chi connectivity index (χ0) is 14.4. The first-order chi connectivity index (χ1) is 9.01. The highest BCUT2D eigenvalue weighted by molar-refractivity contribution is 5.98. The third-order valence-corrected chi connectivity index (χ3v) is 2.46. The molecule has 1 unspecified atom stereocenters. The van der Waals surface area contributed by atoms with E-state index in [0.717, 1.165) is 0 Å². The van der Waals surface area contributed by atoms with Crippen LogP contribution in [0.1, 0.15) is 24.2 Å². The van der Waals surface area contributed by atoms with Crippen molar-refractivity contribution < 1.29 is 14.5 Å². The first-order valence-electron chi connectivity index (χ1n) is 5.92. The summed E-state index contributed by atoms with van der Waals surface area (Å²) in [5, 5.41) is 13.6. The molecule has 7 heteroatoms. The molecule has 1 atom stereocenters. The number of nitro benzene ring substituents is 1. The maximum Gasteiger partial charge on any atom is 0.311 e. The number of para-hydroxylation sites is 1. The van der Waals surface area contributed by atoms with E-state index >= 15 is 0 Å². The van der Waals surface area contributed by atoms with Crippen LogP contribution in [-0.2, 0) is 0 Å². The molecule has 0 radical (unpaired) electrons. The number of hydrogen-bond donors (Lipinski definition) is 2. The van der Waals surface area contributed by atoms with Gasteiger partial charge in [0, 0.05) is 18.7 Å². The largest absolute Gasteiger partial charge is 0.487 e. The van der Waals surface area contributed by atoms with Crippen LogP contribution in [0.2, 0.25) is 0 Å². The Kier molecular flexibility index (Phi) is 5.25. The predicted octanol–water partition coefficient (Wildman–Crippen LogP) is 1.07.